The van der Waals surface area contributed by atoms with Crippen LogP contribution < -0.4 is 21.3 Å². The van der Waals surface area contributed by atoms with E-state index >= 15 is 0 Å². The molecule has 0 bridgehead atoms. The number of aliphatic hydroxyl groups is 1. The number of fused-ring (bicyclic) bond motifs is 4. The Labute approximate surface area is 605 Å². The molecule has 0 amide bonds. The molecular weight excluding hydrogens is 1270 g/mol. The van der Waals surface area contributed by atoms with Crippen LogP contribution in [0.25, 0.3) is 43.1 Å². The van der Waals surface area contributed by atoms with Crippen LogP contribution in [0.5, 0.6) is 0 Å². The molecule has 0 aliphatic rings. The van der Waals surface area contributed by atoms with Gasteiger partial charge in [-0.2, -0.15) is 0 Å². The zero-order valence-electron chi connectivity index (χ0n) is 62.5. The average Bonchev–Trinajstić information content (AvgIpc) is 0.776. The van der Waals surface area contributed by atoms with Crippen LogP contribution in [-0.4, -0.2) is 115 Å². The number of nitrogens with one attached hydrogen (secondary N) is 4. The predicted octanol–water partition coefficient (Wildman–Crippen LogP) is 15.4. The van der Waals surface area contributed by atoms with Crippen LogP contribution in [0.2, 0.25) is 0 Å². The van der Waals surface area contributed by atoms with Crippen LogP contribution in [0, 0.1) is 0 Å². The molecule has 0 aliphatic carbocycles. The van der Waals surface area contributed by atoms with Crippen molar-refractivity contribution in [2.75, 3.05) is 34.8 Å². The topological polar surface area (TPSA) is 218 Å². The van der Waals surface area contributed by atoms with E-state index in [1.54, 1.807) is 61.7 Å². The standard InChI is InChI=1S/C19H19NO.2C13H12O.C12H17NO.C10H14N2O.C9H10O.C8H17NO.C4H8O2/c1-13(21)19(20-2)12-18-16-9-5-3-7-14(16)11-15-8-4-6-10-17(15)18;1-10(14)9-12-7-4-6-11-5-2-3-8-13(11)12;1-10(14)8-11-6-7-12-4-2-3-5-13(12)9-11;1-10(14)12(13-2)9-8-11-6-4-3-5-7-11;1-8(13)10(11-2)7-9-5-3-4-6-12-9;1-8(10)7-9-5-3-2-4-6-9;1-5-8(6-2,9-4)7(3)10;1-4(6)2-3-5/h3-11,19-20H,12H2,1-2H3;2-8H,9H2,1H3;2-7,9H,8H2,1H3;3-7,12-13H,8-9H2,1-2H3;3-6,10-11H,7H2,1-2H3;2-6H,7H2,1H3;9H,5-6H2,1-4H3;5H,2-3H2,1H3/t19-;;;12-;10-;;;/m0..00.../s1. The van der Waals surface area contributed by atoms with Gasteiger partial charge in [-0.05, 0) is 205 Å². The second-order valence-electron chi connectivity index (χ2n) is 25.1. The summed E-state index contributed by atoms with van der Waals surface area (Å²) in [7, 11) is 7.31. The maximum atomic E-state index is 11.8. The lowest BCUT2D eigenvalue weighted by Crippen LogP contribution is -2.48. The van der Waals surface area contributed by atoms with Gasteiger partial charge >= 0.3 is 0 Å². The summed E-state index contributed by atoms with van der Waals surface area (Å²) in [6, 6.07) is 73.0. The van der Waals surface area contributed by atoms with Gasteiger partial charge in [-0.25, -0.2) is 0 Å². The van der Waals surface area contributed by atoms with Crippen molar-refractivity contribution in [2.24, 2.45) is 0 Å². The Morgan fingerprint density at radius 2 is 0.843 bits per heavy atom. The molecule has 10 aromatic rings. The van der Waals surface area contributed by atoms with E-state index in [1.165, 1.54) is 61.1 Å². The third-order valence-electron chi connectivity index (χ3n) is 17.2. The van der Waals surface area contributed by atoms with Crippen molar-refractivity contribution in [3.05, 3.63) is 258 Å². The van der Waals surface area contributed by atoms with Gasteiger partial charge in [0.05, 0.1) is 23.7 Å². The molecular formula is C88H109N5O9. The van der Waals surface area contributed by atoms with Gasteiger partial charge in [-0.15, -0.1) is 0 Å². The average molecular weight is 1380 g/mol. The molecule has 5 N–H and O–H groups in total. The first kappa shape index (κ1) is 86.6. The van der Waals surface area contributed by atoms with E-state index in [2.05, 4.69) is 135 Å². The number of hydrogen-bond donors (Lipinski definition) is 5. The Hall–Kier alpha value is -9.67. The van der Waals surface area contributed by atoms with Gasteiger partial charge in [0, 0.05) is 50.6 Å². The highest BCUT2D eigenvalue weighted by molar-refractivity contribution is 6.03. The number of carbonyl (C=O) groups is 8. The van der Waals surface area contributed by atoms with Gasteiger partial charge in [0.2, 0.25) is 0 Å². The molecule has 102 heavy (non-hydrogen) atoms. The fourth-order valence-electron chi connectivity index (χ4n) is 11.3. The van der Waals surface area contributed by atoms with Crippen molar-refractivity contribution in [3.63, 3.8) is 0 Å². The molecule has 3 atom stereocenters. The van der Waals surface area contributed by atoms with Gasteiger partial charge in [0.15, 0.2) is 0 Å². The monoisotopic (exact) mass is 1380 g/mol. The van der Waals surface area contributed by atoms with E-state index in [-0.39, 0.29) is 76.5 Å². The van der Waals surface area contributed by atoms with Gasteiger partial charge in [-0.3, -0.25) is 43.3 Å². The van der Waals surface area contributed by atoms with E-state index in [1.807, 2.05) is 144 Å². The molecule has 540 valence electrons. The zero-order chi connectivity index (χ0) is 75.4. The van der Waals surface area contributed by atoms with Crippen molar-refractivity contribution < 1.29 is 43.5 Å². The number of pyridine rings is 1. The number of hydrogen-bond acceptors (Lipinski definition) is 14. The number of benzene rings is 9. The molecule has 0 unspecified atom stereocenters. The molecule has 0 fully saturated rings. The number of aliphatic hydroxyl groups excluding tert-OH is 1. The Morgan fingerprint density at radius 3 is 1.27 bits per heavy atom. The van der Waals surface area contributed by atoms with Crippen molar-refractivity contribution in [1.82, 2.24) is 26.3 Å². The smallest absolute Gasteiger partial charge is 0.149 e. The van der Waals surface area contributed by atoms with Crippen LogP contribution in [0.3, 0.4) is 0 Å². The summed E-state index contributed by atoms with van der Waals surface area (Å²) >= 11 is 0. The summed E-state index contributed by atoms with van der Waals surface area (Å²) < 4.78 is 0. The zero-order valence-corrected chi connectivity index (χ0v) is 62.5. The first-order valence-electron chi connectivity index (χ1n) is 35.0. The Kier molecular flexibility index (Phi) is 40.9. The molecule has 0 saturated heterocycles. The summed E-state index contributed by atoms with van der Waals surface area (Å²) in [4.78, 5) is 91.8. The summed E-state index contributed by atoms with van der Waals surface area (Å²) in [5.74, 6) is 1.44. The molecule has 10 rings (SSSR count). The molecule has 1 aromatic heterocycles. The lowest BCUT2D eigenvalue weighted by molar-refractivity contribution is -0.123. The number of aromatic nitrogens is 1. The molecule has 9 aromatic carbocycles. The number of Topliss-reactive ketones (excluding diaryl/α,β-unsaturated/α-hetero) is 8. The van der Waals surface area contributed by atoms with Crippen molar-refractivity contribution in [2.45, 2.75) is 157 Å². The molecule has 0 aliphatic heterocycles. The van der Waals surface area contributed by atoms with Crippen LogP contribution in [0.1, 0.15) is 128 Å². The lowest BCUT2D eigenvalue weighted by Gasteiger charge is -2.27. The third kappa shape index (κ3) is 31.9. The quantitative estimate of drug-likeness (QED) is 0.0336. The fraction of sp³-hybridized carbons (Fsp3) is 0.330. The summed E-state index contributed by atoms with van der Waals surface area (Å²) in [6.45, 7) is 16.9. The van der Waals surface area contributed by atoms with Crippen LogP contribution in [0.15, 0.2) is 225 Å². The number of aryl methyl sites for hydroxylation is 1. The van der Waals surface area contributed by atoms with E-state index in [0.29, 0.717) is 38.5 Å². The lowest BCUT2D eigenvalue weighted by atomic mass is 9.89. The number of nitrogens with zero attached hydrogens (tertiary/aromatic N) is 1. The van der Waals surface area contributed by atoms with Gasteiger partial charge < -0.3 is 26.4 Å². The van der Waals surface area contributed by atoms with Crippen molar-refractivity contribution in [3.8, 4) is 0 Å². The third-order valence-corrected chi connectivity index (χ3v) is 17.2. The summed E-state index contributed by atoms with van der Waals surface area (Å²) in [6.07, 6.45) is 8.59. The summed E-state index contributed by atoms with van der Waals surface area (Å²) in [5.41, 5.74) is 6.52. The normalized spacial score (nSPS) is 11.3. The van der Waals surface area contributed by atoms with Gasteiger partial charge in [0.1, 0.15) is 46.3 Å². The van der Waals surface area contributed by atoms with Gasteiger partial charge in [0.25, 0.3) is 0 Å². The van der Waals surface area contributed by atoms with Crippen molar-refractivity contribution in [1.29, 1.82) is 0 Å². The number of rotatable bonds is 25. The number of ketones is 8. The largest absolute Gasteiger partial charge is 0.396 e. The second-order valence-corrected chi connectivity index (χ2v) is 25.1. The Morgan fingerprint density at radius 1 is 0.402 bits per heavy atom. The molecule has 0 saturated carbocycles. The molecule has 14 heteroatoms. The molecule has 0 radical (unpaired) electrons. The minimum atomic E-state index is -0.264. The number of carbonyl (C=O) groups excluding carboxylic acids is 8. The van der Waals surface area contributed by atoms with Gasteiger partial charge in [-0.1, -0.05) is 214 Å². The summed E-state index contributed by atoms with van der Waals surface area (Å²) in [5, 5.41) is 29.9. The fourth-order valence-corrected chi connectivity index (χ4v) is 11.3. The van der Waals surface area contributed by atoms with Crippen LogP contribution in [-0.2, 0) is 76.9 Å². The minimum absolute atomic E-state index is 0.00444. The van der Waals surface area contributed by atoms with E-state index < -0.39 is 0 Å². The molecule has 14 nitrogen and oxygen atoms in total. The highest BCUT2D eigenvalue weighted by Gasteiger charge is 2.28. The SMILES string of the molecule is CC(=O)CCO.CC(=O)Cc1ccc2ccccc2c1.CC(=O)Cc1cccc2ccccc12.CC(=O)Cc1ccccc1.CCC(CC)(NC)C(C)=O.CN[C@@H](CCc1ccccc1)C(C)=O.CN[C@@H](Cc1c2ccccc2cc2ccccc12)C(C)=O.CN[C@@H](Cc1ccccn1)C(C)=O. The van der Waals surface area contributed by atoms with E-state index in [4.69, 9.17) is 5.11 Å². The second kappa shape index (κ2) is 48.2. The number of likely N-dealkylation sites (N-methyl/N-ethyl adjacent to an activating group) is 4. The maximum Gasteiger partial charge on any atom is 0.149 e. The highest BCUT2D eigenvalue weighted by atomic mass is 16.3. The van der Waals surface area contributed by atoms with E-state index in [9.17, 15) is 38.4 Å². The molecule has 0 spiro atoms. The maximum absolute atomic E-state index is 11.8. The molecule has 1 heterocycles. The van der Waals surface area contributed by atoms with E-state index in [0.717, 1.165) is 48.1 Å². The van der Waals surface area contributed by atoms with Crippen LogP contribution in [0.4, 0.5) is 0 Å². The predicted molar refractivity (Wildman–Crippen MR) is 421 cm³/mol. The Balaban J connectivity index is 0.000000309. The minimum Gasteiger partial charge on any atom is -0.396 e. The first-order valence-corrected chi connectivity index (χ1v) is 35.0. The first-order chi connectivity index (χ1) is 48.9. The highest BCUT2D eigenvalue weighted by Crippen LogP contribution is 2.30. The van der Waals surface area contributed by atoms with Crippen LogP contribution >= 0.6 is 0 Å². The van der Waals surface area contributed by atoms with Crippen molar-refractivity contribution >= 4 is 89.4 Å². The Bertz CT molecular complexity index is 4120.